The third-order valence-electron chi connectivity index (χ3n) is 6.33. The van der Waals surface area contributed by atoms with Gasteiger partial charge in [-0.05, 0) is 46.0 Å². The molecule has 0 aromatic heterocycles. The maximum atomic E-state index is 12.9. The monoisotopic (exact) mass is 552 g/mol. The molecule has 4 N–H and O–H groups in total. The van der Waals surface area contributed by atoms with E-state index in [1.165, 1.54) is 0 Å². The Morgan fingerprint density at radius 3 is 2.28 bits per heavy atom. The normalized spacial score (nSPS) is 21.7. The quantitative estimate of drug-likeness (QED) is 0.206. The molecule has 3 unspecified atom stereocenters. The van der Waals surface area contributed by atoms with Crippen LogP contribution in [-0.4, -0.2) is 104 Å². The van der Waals surface area contributed by atoms with Gasteiger partial charge in [0.15, 0.2) is 5.78 Å². The Morgan fingerprint density at radius 1 is 1.13 bits per heavy atom. The van der Waals surface area contributed by atoms with Crippen molar-refractivity contribution in [1.29, 1.82) is 0 Å². The molecule has 0 saturated carbocycles. The third kappa shape index (κ3) is 12.9. The first-order valence-electron chi connectivity index (χ1n) is 13.9. The standard InChI is InChI=1S/C23H36N4O7.C3H6.C2H6/c1-23(15-34-23)21(31)17(11-16-5-3-2-4-6-16)25-19(29)12-24-22(32)18(14-28)26-20(30)13-27-7-9-33-10-8-27;1-3-2;1-2/h5,17-18,28H,2-4,6-15H2,1H3,(H,24,32)(H,25,29)(H,26,30);3H,1H2,2H3;1-2H3. The Kier molecular flexibility index (Phi) is 16.5. The summed E-state index contributed by atoms with van der Waals surface area (Å²) in [4.78, 5) is 51.9. The molecule has 0 spiro atoms. The van der Waals surface area contributed by atoms with Crippen LogP contribution in [0.1, 0.15) is 59.8 Å². The van der Waals surface area contributed by atoms with Crippen LogP contribution in [0, 0.1) is 0 Å². The number of ketones is 1. The van der Waals surface area contributed by atoms with E-state index in [1.807, 2.05) is 25.7 Å². The van der Waals surface area contributed by atoms with Gasteiger partial charge in [-0.3, -0.25) is 24.1 Å². The number of morpholine rings is 1. The molecule has 3 amide bonds. The number of aliphatic hydroxyl groups is 1. The molecule has 1 aliphatic carbocycles. The number of Topliss-reactive ketones (excluding diaryl/α,β-unsaturated/α-hetero) is 1. The first kappa shape index (κ1) is 34.4. The van der Waals surface area contributed by atoms with Crippen molar-refractivity contribution < 1.29 is 33.8 Å². The molecule has 39 heavy (non-hydrogen) atoms. The van der Waals surface area contributed by atoms with Crippen molar-refractivity contribution in [2.24, 2.45) is 0 Å². The van der Waals surface area contributed by atoms with Crippen molar-refractivity contribution >= 4 is 23.5 Å². The van der Waals surface area contributed by atoms with E-state index in [-0.39, 0.29) is 18.9 Å². The van der Waals surface area contributed by atoms with Gasteiger partial charge < -0.3 is 30.5 Å². The van der Waals surface area contributed by atoms with Crippen LogP contribution in [0.2, 0.25) is 0 Å². The van der Waals surface area contributed by atoms with E-state index in [9.17, 15) is 24.3 Å². The number of carbonyl (C=O) groups excluding carboxylic acids is 4. The van der Waals surface area contributed by atoms with E-state index in [2.05, 4.69) is 28.6 Å². The van der Waals surface area contributed by atoms with Crippen LogP contribution in [0.3, 0.4) is 0 Å². The molecule has 2 saturated heterocycles. The number of allylic oxidation sites excluding steroid dienone is 2. The molecule has 2 heterocycles. The lowest BCUT2D eigenvalue weighted by molar-refractivity contribution is -0.133. The maximum absolute atomic E-state index is 12.9. The lowest BCUT2D eigenvalue weighted by atomic mass is 9.90. The van der Waals surface area contributed by atoms with Gasteiger partial charge in [-0.25, -0.2) is 0 Å². The molecule has 3 aliphatic rings. The number of ether oxygens (including phenoxy) is 2. The van der Waals surface area contributed by atoms with E-state index >= 15 is 0 Å². The Hall–Kier alpha value is -2.60. The van der Waals surface area contributed by atoms with Gasteiger partial charge in [0.2, 0.25) is 17.7 Å². The molecule has 2 aliphatic heterocycles. The van der Waals surface area contributed by atoms with Crippen LogP contribution in [0.25, 0.3) is 0 Å². The smallest absolute Gasteiger partial charge is 0.245 e. The molecule has 0 aromatic carbocycles. The molecule has 222 valence electrons. The number of nitrogens with zero attached hydrogens (tertiary/aromatic N) is 1. The molecule has 2 fully saturated rings. The summed E-state index contributed by atoms with van der Waals surface area (Å²) in [7, 11) is 0. The molecular formula is C28H48N4O7. The minimum absolute atomic E-state index is 0.0914. The number of aliphatic hydroxyl groups excluding tert-OH is 1. The minimum Gasteiger partial charge on any atom is -0.394 e. The van der Waals surface area contributed by atoms with Crippen molar-refractivity contribution in [3.63, 3.8) is 0 Å². The van der Waals surface area contributed by atoms with Gasteiger partial charge in [0.05, 0.1) is 45.6 Å². The highest BCUT2D eigenvalue weighted by molar-refractivity contribution is 5.97. The van der Waals surface area contributed by atoms with Gasteiger partial charge in [-0.1, -0.05) is 31.6 Å². The second-order valence-corrected chi connectivity index (χ2v) is 9.63. The third-order valence-corrected chi connectivity index (χ3v) is 6.33. The molecule has 3 rings (SSSR count). The largest absolute Gasteiger partial charge is 0.394 e. The van der Waals surface area contributed by atoms with Crippen molar-refractivity contribution in [3.05, 3.63) is 24.3 Å². The lowest BCUT2D eigenvalue weighted by Crippen LogP contribution is -2.54. The van der Waals surface area contributed by atoms with E-state index < -0.39 is 42.0 Å². The van der Waals surface area contributed by atoms with Gasteiger partial charge in [0.1, 0.15) is 11.6 Å². The molecule has 11 heteroatoms. The summed E-state index contributed by atoms with van der Waals surface area (Å²) < 4.78 is 10.5. The van der Waals surface area contributed by atoms with Crippen LogP contribution in [0.5, 0.6) is 0 Å². The molecule has 3 atom stereocenters. The van der Waals surface area contributed by atoms with Gasteiger partial charge in [-0.2, -0.15) is 0 Å². The summed E-state index contributed by atoms with van der Waals surface area (Å²) in [6, 6.07) is -1.91. The molecule has 0 aromatic rings. The first-order valence-corrected chi connectivity index (χ1v) is 13.9. The van der Waals surface area contributed by atoms with E-state index in [1.54, 1.807) is 13.0 Å². The van der Waals surface area contributed by atoms with Crippen molar-refractivity contribution in [1.82, 2.24) is 20.9 Å². The zero-order valence-corrected chi connectivity index (χ0v) is 24.1. The highest BCUT2D eigenvalue weighted by atomic mass is 16.6. The number of epoxide rings is 1. The van der Waals surface area contributed by atoms with E-state index in [0.717, 1.165) is 31.3 Å². The Morgan fingerprint density at radius 2 is 1.74 bits per heavy atom. The van der Waals surface area contributed by atoms with Gasteiger partial charge in [-0.15, -0.1) is 6.58 Å². The Balaban J connectivity index is 0.00000142. The lowest BCUT2D eigenvalue weighted by Gasteiger charge is -2.26. The fourth-order valence-corrected chi connectivity index (χ4v) is 4.11. The fourth-order valence-electron chi connectivity index (χ4n) is 4.11. The second kappa shape index (κ2) is 18.6. The summed E-state index contributed by atoms with van der Waals surface area (Å²) in [6.07, 6.45) is 8.35. The first-order chi connectivity index (χ1) is 18.7. The van der Waals surface area contributed by atoms with Crippen LogP contribution < -0.4 is 16.0 Å². The number of hydrogen-bond donors (Lipinski definition) is 4. The van der Waals surface area contributed by atoms with E-state index in [0.29, 0.717) is 39.3 Å². The van der Waals surface area contributed by atoms with E-state index in [4.69, 9.17) is 9.47 Å². The van der Waals surface area contributed by atoms with Gasteiger partial charge in [0.25, 0.3) is 0 Å². The number of nitrogens with one attached hydrogen (secondary N) is 3. The highest BCUT2D eigenvalue weighted by Gasteiger charge is 2.50. The molecule has 11 nitrogen and oxygen atoms in total. The zero-order valence-electron chi connectivity index (χ0n) is 24.1. The van der Waals surface area contributed by atoms with Crippen LogP contribution in [-0.2, 0) is 28.7 Å². The van der Waals surface area contributed by atoms with Crippen molar-refractivity contribution in [2.45, 2.75) is 77.5 Å². The summed E-state index contributed by atoms with van der Waals surface area (Å²) in [5.41, 5.74) is 0.268. The fraction of sp³-hybridized carbons (Fsp3) is 0.714. The second-order valence-electron chi connectivity index (χ2n) is 9.63. The van der Waals surface area contributed by atoms with Crippen LogP contribution >= 0.6 is 0 Å². The highest BCUT2D eigenvalue weighted by Crippen LogP contribution is 2.31. The Labute approximate surface area is 232 Å². The summed E-state index contributed by atoms with van der Waals surface area (Å²) in [6.45, 7) is 12.7. The van der Waals surface area contributed by atoms with Gasteiger partial charge >= 0.3 is 0 Å². The molecular weight excluding hydrogens is 504 g/mol. The van der Waals surface area contributed by atoms with Crippen LogP contribution in [0.15, 0.2) is 24.3 Å². The number of hydrogen-bond acceptors (Lipinski definition) is 8. The number of carbonyl (C=O) groups is 4. The van der Waals surface area contributed by atoms with Crippen molar-refractivity contribution in [3.8, 4) is 0 Å². The SMILES string of the molecule is C=CC.CC.CC1(C(=O)C(CC2=CCCCC2)NC(=O)CNC(=O)C(CO)NC(=O)CN2CCOCC2)CO1. The zero-order chi connectivity index (χ0) is 29.3. The topological polar surface area (TPSA) is 150 Å². The predicted molar refractivity (Wildman–Crippen MR) is 149 cm³/mol. The Bertz CT molecular complexity index is 836. The van der Waals surface area contributed by atoms with Crippen molar-refractivity contribution in [2.75, 3.05) is 52.6 Å². The molecule has 0 radical (unpaired) electrons. The average molecular weight is 553 g/mol. The summed E-state index contributed by atoms with van der Waals surface area (Å²) >= 11 is 0. The van der Waals surface area contributed by atoms with Crippen LogP contribution in [0.4, 0.5) is 0 Å². The maximum Gasteiger partial charge on any atom is 0.245 e. The number of rotatable bonds is 12. The molecule has 0 bridgehead atoms. The number of amides is 3. The minimum atomic E-state index is -1.18. The average Bonchev–Trinajstić information content (AvgIpc) is 3.70. The summed E-state index contributed by atoms with van der Waals surface area (Å²) in [5.74, 6) is -1.78. The predicted octanol–water partition coefficient (Wildman–Crippen LogP) is 0.864. The summed E-state index contributed by atoms with van der Waals surface area (Å²) in [5, 5.41) is 17.2. The van der Waals surface area contributed by atoms with Gasteiger partial charge in [0, 0.05) is 13.1 Å².